The zero-order valence-corrected chi connectivity index (χ0v) is 22.4. The number of ether oxygens (including phenoxy) is 1. The fourth-order valence-corrected chi connectivity index (χ4v) is 6.60. The van der Waals surface area contributed by atoms with Crippen LogP contribution in [0.4, 0.5) is 15.3 Å². The number of rotatable bonds is 8. The molecule has 0 saturated carbocycles. The molecule has 10 heteroatoms. The first-order chi connectivity index (χ1) is 18.4. The average Bonchev–Trinajstić information content (AvgIpc) is 3.58. The van der Waals surface area contributed by atoms with E-state index in [0.717, 1.165) is 87.0 Å². The number of carbonyl (C=O) groups is 2. The summed E-state index contributed by atoms with van der Waals surface area (Å²) in [5.74, 6) is 0.453. The minimum Gasteiger partial charge on any atom is -0.381 e. The van der Waals surface area contributed by atoms with Crippen molar-refractivity contribution >= 4 is 27.8 Å². The molecule has 2 aromatic rings. The summed E-state index contributed by atoms with van der Waals surface area (Å²) in [5.41, 5.74) is 6.52. The summed E-state index contributed by atoms with van der Waals surface area (Å²) >= 11 is 0. The number of benzene rings is 2. The van der Waals surface area contributed by atoms with Gasteiger partial charge in [-0.15, -0.1) is 0 Å². The van der Waals surface area contributed by atoms with Crippen molar-refractivity contribution in [3.05, 3.63) is 58.1 Å². The molecule has 3 aliphatic rings. The molecule has 38 heavy (non-hydrogen) atoms. The van der Waals surface area contributed by atoms with E-state index in [9.17, 15) is 18.0 Å². The smallest absolute Gasteiger partial charge is 0.333 e. The van der Waals surface area contributed by atoms with Gasteiger partial charge in [-0.1, -0.05) is 18.2 Å². The number of carbonyl (C=O) groups excluding carboxylic acids is 2. The third-order valence-electron chi connectivity index (χ3n) is 7.76. The van der Waals surface area contributed by atoms with Gasteiger partial charge in [-0.3, -0.25) is 0 Å². The van der Waals surface area contributed by atoms with Crippen LogP contribution in [0.25, 0.3) is 0 Å². The van der Waals surface area contributed by atoms with E-state index in [1.54, 1.807) is 12.1 Å². The van der Waals surface area contributed by atoms with E-state index in [-0.39, 0.29) is 10.9 Å². The average molecular weight is 541 g/mol. The van der Waals surface area contributed by atoms with Crippen molar-refractivity contribution in [2.75, 3.05) is 31.6 Å². The highest BCUT2D eigenvalue weighted by molar-refractivity contribution is 7.90. The molecule has 0 aromatic heterocycles. The van der Waals surface area contributed by atoms with E-state index in [0.29, 0.717) is 25.4 Å². The Labute approximate surface area is 224 Å². The lowest BCUT2D eigenvalue weighted by Crippen LogP contribution is -2.40. The van der Waals surface area contributed by atoms with E-state index < -0.39 is 16.1 Å². The van der Waals surface area contributed by atoms with Crippen molar-refractivity contribution in [1.29, 1.82) is 0 Å². The van der Waals surface area contributed by atoms with E-state index >= 15 is 0 Å². The maximum Gasteiger partial charge on any atom is 0.333 e. The normalized spacial score (nSPS) is 16.9. The number of nitrogens with one attached hydrogen (secondary N) is 4. The third-order valence-corrected chi connectivity index (χ3v) is 9.11. The fourth-order valence-electron chi connectivity index (χ4n) is 5.69. The van der Waals surface area contributed by atoms with Gasteiger partial charge in [0.2, 0.25) is 0 Å². The van der Waals surface area contributed by atoms with Gasteiger partial charge in [0.05, 0.1) is 4.90 Å². The largest absolute Gasteiger partial charge is 0.381 e. The summed E-state index contributed by atoms with van der Waals surface area (Å²) in [6, 6.07) is 7.68. The maximum atomic E-state index is 12.9. The molecule has 9 nitrogen and oxygen atoms in total. The molecule has 1 saturated heterocycles. The summed E-state index contributed by atoms with van der Waals surface area (Å²) < 4.78 is 33.2. The van der Waals surface area contributed by atoms with Crippen LogP contribution in [-0.2, 0) is 46.9 Å². The molecule has 4 amide bonds. The molecular formula is C28H36N4O5S. The van der Waals surface area contributed by atoms with Crippen molar-refractivity contribution in [2.24, 2.45) is 5.92 Å². The van der Waals surface area contributed by atoms with Gasteiger partial charge in [-0.05, 0) is 104 Å². The lowest BCUT2D eigenvalue weighted by atomic mass is 9.99. The van der Waals surface area contributed by atoms with E-state index in [2.05, 4.69) is 26.7 Å². The summed E-state index contributed by atoms with van der Waals surface area (Å²) in [5, 5.41) is 8.60. The third kappa shape index (κ3) is 6.30. The Kier molecular flexibility index (Phi) is 8.18. The zero-order chi connectivity index (χ0) is 26.5. The van der Waals surface area contributed by atoms with Crippen LogP contribution in [-0.4, -0.2) is 46.8 Å². The number of hydrogen-bond donors (Lipinski definition) is 4. The first-order valence-corrected chi connectivity index (χ1v) is 15.1. The SMILES string of the molecule is O=C(NCCc1ccc(S(=O)(=O)NC(=O)Nc2c3c(cc4c2CCC4)CCC3)cc1)NCC1CCOCC1. The van der Waals surface area contributed by atoms with Gasteiger partial charge in [0.15, 0.2) is 0 Å². The molecule has 2 aromatic carbocycles. The summed E-state index contributed by atoms with van der Waals surface area (Å²) in [7, 11) is -4.03. The van der Waals surface area contributed by atoms with Crippen LogP contribution >= 0.6 is 0 Å². The lowest BCUT2D eigenvalue weighted by Gasteiger charge is -2.22. The van der Waals surface area contributed by atoms with Crippen molar-refractivity contribution in [2.45, 2.75) is 62.7 Å². The monoisotopic (exact) mass is 540 g/mol. The molecule has 2 aliphatic carbocycles. The molecule has 0 radical (unpaired) electrons. The standard InChI is InChI=1S/C28H36N4O5S/c33-27(30-18-20-12-15-37-16-13-20)29-14-11-19-7-9-23(10-8-19)38(35,36)32-28(34)31-26-24-5-1-3-21(24)17-22-4-2-6-25(22)26/h7-10,17,20H,1-6,11-16,18H2,(H2,29,30,33)(H2,31,32,34). The Bertz CT molecular complexity index is 1260. The number of amides is 4. The zero-order valence-electron chi connectivity index (χ0n) is 21.6. The van der Waals surface area contributed by atoms with E-state index in [4.69, 9.17) is 4.74 Å². The Hall–Kier alpha value is -3.11. The highest BCUT2D eigenvalue weighted by Gasteiger charge is 2.26. The highest BCUT2D eigenvalue weighted by atomic mass is 32.2. The Balaban J connectivity index is 1.11. The first-order valence-electron chi connectivity index (χ1n) is 13.6. The van der Waals surface area contributed by atoms with Gasteiger partial charge in [0.1, 0.15) is 0 Å². The molecular weight excluding hydrogens is 504 g/mol. The molecule has 5 rings (SSSR count). The quantitative estimate of drug-likeness (QED) is 0.408. The summed E-state index contributed by atoms with van der Waals surface area (Å²) in [6.45, 7) is 2.56. The second kappa shape index (κ2) is 11.7. The van der Waals surface area contributed by atoms with Crippen LogP contribution < -0.4 is 20.7 Å². The van der Waals surface area contributed by atoms with Crippen molar-refractivity contribution in [3.8, 4) is 0 Å². The van der Waals surface area contributed by atoms with Crippen LogP contribution in [0.1, 0.15) is 53.5 Å². The van der Waals surface area contributed by atoms with Gasteiger partial charge in [0, 0.05) is 32.0 Å². The molecule has 0 bridgehead atoms. The van der Waals surface area contributed by atoms with Gasteiger partial charge in [-0.2, -0.15) is 0 Å². The van der Waals surface area contributed by atoms with E-state index in [1.807, 2.05) is 0 Å². The number of aryl methyl sites for hydroxylation is 2. The van der Waals surface area contributed by atoms with Crippen LogP contribution in [0, 0.1) is 5.92 Å². The molecule has 0 spiro atoms. The molecule has 1 fully saturated rings. The van der Waals surface area contributed by atoms with E-state index in [1.165, 1.54) is 23.3 Å². The lowest BCUT2D eigenvalue weighted by molar-refractivity contribution is 0.0669. The molecule has 1 heterocycles. The Morgan fingerprint density at radius 3 is 2.18 bits per heavy atom. The fraction of sp³-hybridized carbons (Fsp3) is 0.500. The number of urea groups is 2. The second-order valence-electron chi connectivity index (χ2n) is 10.4. The first kappa shape index (κ1) is 26.5. The van der Waals surface area contributed by atoms with Gasteiger partial charge in [-0.25, -0.2) is 22.7 Å². The predicted molar refractivity (Wildman–Crippen MR) is 145 cm³/mol. The van der Waals surface area contributed by atoms with Crippen LogP contribution in [0.3, 0.4) is 0 Å². The summed E-state index contributed by atoms with van der Waals surface area (Å²) in [6.07, 6.45) is 8.39. The van der Waals surface area contributed by atoms with Gasteiger partial charge in [0.25, 0.3) is 10.0 Å². The summed E-state index contributed by atoms with van der Waals surface area (Å²) in [4.78, 5) is 24.8. The molecule has 204 valence electrons. The molecule has 1 aliphatic heterocycles. The Morgan fingerprint density at radius 1 is 0.868 bits per heavy atom. The minimum atomic E-state index is -4.03. The van der Waals surface area contributed by atoms with Gasteiger partial charge >= 0.3 is 12.1 Å². The van der Waals surface area contributed by atoms with Crippen LogP contribution in [0.5, 0.6) is 0 Å². The van der Waals surface area contributed by atoms with Crippen molar-refractivity contribution in [3.63, 3.8) is 0 Å². The molecule has 0 atom stereocenters. The van der Waals surface area contributed by atoms with Crippen LogP contribution in [0.2, 0.25) is 0 Å². The van der Waals surface area contributed by atoms with Crippen LogP contribution in [0.15, 0.2) is 35.2 Å². The molecule has 0 unspecified atom stereocenters. The van der Waals surface area contributed by atoms with Gasteiger partial charge < -0.3 is 20.7 Å². The second-order valence-corrected chi connectivity index (χ2v) is 12.1. The number of fused-ring (bicyclic) bond motifs is 2. The maximum absolute atomic E-state index is 12.9. The number of hydrogen-bond acceptors (Lipinski definition) is 5. The molecule has 4 N–H and O–H groups in total. The predicted octanol–water partition coefficient (Wildman–Crippen LogP) is 3.44. The number of anilines is 1. The topological polar surface area (TPSA) is 126 Å². The Morgan fingerprint density at radius 2 is 1.53 bits per heavy atom. The highest BCUT2D eigenvalue weighted by Crippen LogP contribution is 2.38. The van der Waals surface area contributed by atoms with Crippen molar-refractivity contribution < 1.29 is 22.7 Å². The van der Waals surface area contributed by atoms with Crippen molar-refractivity contribution in [1.82, 2.24) is 15.4 Å². The number of sulfonamides is 1. The minimum absolute atomic E-state index is 0.0158.